The summed E-state index contributed by atoms with van der Waals surface area (Å²) in [5, 5.41) is 24.4. The molecule has 24 heavy (non-hydrogen) atoms. The zero-order valence-electron chi connectivity index (χ0n) is 15.5. The molecule has 0 bridgehead atoms. The minimum atomic E-state index is -0.158. The van der Waals surface area contributed by atoms with Crippen LogP contribution in [0.2, 0.25) is 0 Å². The Bertz CT molecular complexity index is 632. The third-order valence-electron chi connectivity index (χ3n) is 3.92. The average Bonchev–Trinajstić information content (AvgIpc) is 2.95. The standard InChI is InChI=1S/C18H28N4O2/c1-17(2,3)13-10-12(11-14(16(13)23)18(4,5)6)24-9-7-8-15-19-21-22-20-15/h10-11,23H,7-9H2,1-6H3,(H,19,20,21,22). The van der Waals surface area contributed by atoms with E-state index in [9.17, 15) is 5.11 Å². The maximum absolute atomic E-state index is 10.7. The third-order valence-corrected chi connectivity index (χ3v) is 3.92. The van der Waals surface area contributed by atoms with Gasteiger partial charge in [0.1, 0.15) is 17.3 Å². The minimum absolute atomic E-state index is 0.158. The van der Waals surface area contributed by atoms with E-state index in [4.69, 9.17) is 4.74 Å². The van der Waals surface area contributed by atoms with Gasteiger partial charge >= 0.3 is 0 Å². The van der Waals surface area contributed by atoms with Crippen molar-refractivity contribution in [3.8, 4) is 11.5 Å². The van der Waals surface area contributed by atoms with Gasteiger partial charge in [-0.15, -0.1) is 5.10 Å². The quantitative estimate of drug-likeness (QED) is 0.819. The SMILES string of the molecule is CC(C)(C)c1cc(OCCCc2nnn[nH]2)cc(C(C)(C)C)c1O. The molecule has 2 aromatic rings. The van der Waals surface area contributed by atoms with Crippen molar-refractivity contribution in [1.29, 1.82) is 0 Å². The molecule has 1 aromatic heterocycles. The summed E-state index contributed by atoms with van der Waals surface area (Å²) in [6.45, 7) is 13.1. The molecule has 2 rings (SSSR count). The van der Waals surface area contributed by atoms with E-state index in [1.807, 2.05) is 12.1 Å². The summed E-state index contributed by atoms with van der Waals surface area (Å²) in [5.41, 5.74) is 1.50. The van der Waals surface area contributed by atoms with E-state index in [-0.39, 0.29) is 10.8 Å². The van der Waals surface area contributed by atoms with Crippen molar-refractivity contribution < 1.29 is 9.84 Å². The van der Waals surface area contributed by atoms with Crippen LogP contribution in [0.1, 0.15) is 64.9 Å². The summed E-state index contributed by atoms with van der Waals surface area (Å²) in [4.78, 5) is 0. The van der Waals surface area contributed by atoms with Gasteiger partial charge in [0.25, 0.3) is 0 Å². The lowest BCUT2D eigenvalue weighted by Crippen LogP contribution is -2.17. The number of nitrogens with zero attached hydrogens (tertiary/aromatic N) is 3. The zero-order chi connectivity index (χ0) is 18.0. The number of aryl methyl sites for hydroxylation is 1. The van der Waals surface area contributed by atoms with Gasteiger partial charge in [-0.05, 0) is 39.8 Å². The second-order valence-electron chi connectivity index (χ2n) is 8.17. The molecule has 0 amide bonds. The largest absolute Gasteiger partial charge is 0.507 e. The van der Waals surface area contributed by atoms with Crippen LogP contribution in [-0.4, -0.2) is 32.3 Å². The Labute approximate surface area is 143 Å². The van der Waals surface area contributed by atoms with Crippen LogP contribution in [0.25, 0.3) is 0 Å². The van der Waals surface area contributed by atoms with Gasteiger partial charge in [-0.3, -0.25) is 0 Å². The number of benzene rings is 1. The molecule has 132 valence electrons. The first-order valence-corrected chi connectivity index (χ1v) is 8.32. The topological polar surface area (TPSA) is 83.9 Å². The molecule has 0 spiro atoms. The fourth-order valence-corrected chi connectivity index (χ4v) is 2.55. The molecule has 2 N–H and O–H groups in total. The molecule has 0 saturated heterocycles. The monoisotopic (exact) mass is 332 g/mol. The van der Waals surface area contributed by atoms with Gasteiger partial charge in [0.05, 0.1) is 6.61 Å². The Morgan fingerprint density at radius 1 is 1.04 bits per heavy atom. The first-order valence-electron chi connectivity index (χ1n) is 8.32. The summed E-state index contributed by atoms with van der Waals surface area (Å²) in [7, 11) is 0. The predicted molar refractivity (Wildman–Crippen MR) is 93.5 cm³/mol. The highest BCUT2D eigenvalue weighted by atomic mass is 16.5. The van der Waals surface area contributed by atoms with E-state index in [1.54, 1.807) is 0 Å². The van der Waals surface area contributed by atoms with E-state index in [1.165, 1.54) is 0 Å². The Morgan fingerprint density at radius 3 is 2.08 bits per heavy atom. The lowest BCUT2D eigenvalue weighted by molar-refractivity contribution is 0.306. The van der Waals surface area contributed by atoms with Crippen LogP contribution in [0.15, 0.2) is 12.1 Å². The lowest BCUT2D eigenvalue weighted by atomic mass is 9.79. The number of ether oxygens (including phenoxy) is 1. The first kappa shape index (κ1) is 18.2. The molecule has 0 aliphatic heterocycles. The second-order valence-corrected chi connectivity index (χ2v) is 8.17. The van der Waals surface area contributed by atoms with Crippen LogP contribution in [0, 0.1) is 0 Å². The van der Waals surface area contributed by atoms with Crippen LogP contribution in [0.5, 0.6) is 11.5 Å². The molecule has 0 atom stereocenters. The number of hydrogen-bond donors (Lipinski definition) is 2. The van der Waals surface area contributed by atoms with Crippen molar-refractivity contribution in [1.82, 2.24) is 20.6 Å². The fraction of sp³-hybridized carbons (Fsp3) is 0.611. The Morgan fingerprint density at radius 2 is 1.62 bits per heavy atom. The van der Waals surface area contributed by atoms with Gasteiger partial charge in [-0.25, -0.2) is 5.10 Å². The van der Waals surface area contributed by atoms with Crippen molar-refractivity contribution in [2.45, 2.75) is 65.2 Å². The van der Waals surface area contributed by atoms with Gasteiger partial charge in [0, 0.05) is 17.5 Å². The summed E-state index contributed by atoms with van der Waals surface area (Å²) >= 11 is 0. The number of tetrazole rings is 1. The smallest absolute Gasteiger partial charge is 0.148 e. The van der Waals surface area contributed by atoms with Crippen LogP contribution < -0.4 is 4.74 Å². The Hall–Kier alpha value is -2.11. The summed E-state index contributed by atoms with van der Waals surface area (Å²) in [6, 6.07) is 3.89. The van der Waals surface area contributed by atoms with Crippen molar-refractivity contribution >= 4 is 0 Å². The zero-order valence-corrected chi connectivity index (χ0v) is 15.5. The minimum Gasteiger partial charge on any atom is -0.507 e. The molecule has 6 nitrogen and oxygen atoms in total. The number of phenols is 1. The highest BCUT2D eigenvalue weighted by Crippen LogP contribution is 2.41. The molecule has 0 saturated carbocycles. The van der Waals surface area contributed by atoms with E-state index in [0.717, 1.165) is 35.5 Å². The molecule has 1 aromatic carbocycles. The molecular weight excluding hydrogens is 304 g/mol. The van der Waals surface area contributed by atoms with Gasteiger partial charge in [0.2, 0.25) is 0 Å². The molecule has 0 radical (unpaired) electrons. The Kier molecular flexibility index (Phi) is 5.16. The van der Waals surface area contributed by atoms with Crippen molar-refractivity contribution in [3.05, 3.63) is 29.1 Å². The third kappa shape index (κ3) is 4.46. The van der Waals surface area contributed by atoms with Gasteiger partial charge in [-0.1, -0.05) is 41.5 Å². The first-order chi connectivity index (χ1) is 11.1. The second kappa shape index (κ2) is 6.79. The summed E-state index contributed by atoms with van der Waals surface area (Å²) in [6.07, 6.45) is 1.55. The summed E-state index contributed by atoms with van der Waals surface area (Å²) < 4.78 is 5.94. The molecule has 0 fully saturated rings. The number of H-pyrrole nitrogens is 1. The van der Waals surface area contributed by atoms with E-state index < -0.39 is 0 Å². The predicted octanol–water partition coefficient (Wildman–Crippen LogP) is 3.51. The van der Waals surface area contributed by atoms with E-state index in [2.05, 4.69) is 62.2 Å². The van der Waals surface area contributed by atoms with Crippen molar-refractivity contribution in [2.75, 3.05) is 6.61 Å². The molecule has 0 aliphatic rings. The van der Waals surface area contributed by atoms with Crippen molar-refractivity contribution in [2.24, 2.45) is 0 Å². The van der Waals surface area contributed by atoms with Crippen LogP contribution in [0.4, 0.5) is 0 Å². The van der Waals surface area contributed by atoms with Gasteiger partial charge in [0.15, 0.2) is 0 Å². The normalized spacial score (nSPS) is 12.4. The van der Waals surface area contributed by atoms with Gasteiger partial charge < -0.3 is 9.84 Å². The average molecular weight is 332 g/mol. The van der Waals surface area contributed by atoms with Gasteiger partial charge in [-0.2, -0.15) is 0 Å². The number of nitrogens with one attached hydrogen (secondary N) is 1. The number of phenolic OH excluding ortho intramolecular Hbond substituents is 1. The molecule has 1 heterocycles. The maximum atomic E-state index is 10.7. The van der Waals surface area contributed by atoms with Crippen LogP contribution in [-0.2, 0) is 17.3 Å². The van der Waals surface area contributed by atoms with Crippen LogP contribution >= 0.6 is 0 Å². The maximum Gasteiger partial charge on any atom is 0.148 e. The number of rotatable bonds is 5. The van der Waals surface area contributed by atoms with Crippen molar-refractivity contribution in [3.63, 3.8) is 0 Å². The molecule has 0 aliphatic carbocycles. The Balaban J connectivity index is 2.16. The highest BCUT2D eigenvalue weighted by Gasteiger charge is 2.26. The summed E-state index contributed by atoms with van der Waals surface area (Å²) in [5.74, 6) is 1.92. The highest BCUT2D eigenvalue weighted by molar-refractivity contribution is 5.51. The molecular formula is C18H28N4O2. The molecule has 0 unspecified atom stereocenters. The fourth-order valence-electron chi connectivity index (χ4n) is 2.55. The number of aromatic hydroxyl groups is 1. The number of aromatic amines is 1. The number of aromatic nitrogens is 4. The lowest BCUT2D eigenvalue weighted by Gasteiger charge is -2.28. The molecule has 6 heteroatoms. The van der Waals surface area contributed by atoms with Crippen LogP contribution in [0.3, 0.4) is 0 Å². The van der Waals surface area contributed by atoms with E-state index >= 15 is 0 Å². The number of hydrogen-bond acceptors (Lipinski definition) is 5. The van der Waals surface area contributed by atoms with E-state index in [0.29, 0.717) is 12.4 Å².